The number of fused-ring (bicyclic) bond motifs is 1. The number of pyridine rings is 1. The molecule has 14 heteroatoms. The number of amides is 3. The minimum atomic E-state index is -4.71. The molecule has 0 spiro atoms. The lowest BCUT2D eigenvalue weighted by atomic mass is 9.98. The number of hydrazone groups is 1. The molecule has 0 saturated carbocycles. The van der Waals surface area contributed by atoms with Crippen LogP contribution in [-0.2, 0) is 18.0 Å². The molecular weight excluding hydrogens is 474 g/mol. The summed E-state index contributed by atoms with van der Waals surface area (Å²) in [7, 11) is 3.97. The van der Waals surface area contributed by atoms with Crippen molar-refractivity contribution in [2.24, 2.45) is 17.1 Å². The number of alkyl halides is 4. The zero-order valence-corrected chi connectivity index (χ0v) is 19.1. The average molecular weight is 497 g/mol. The predicted molar refractivity (Wildman–Crippen MR) is 119 cm³/mol. The van der Waals surface area contributed by atoms with Crippen LogP contribution in [0, 0.1) is 0 Å². The van der Waals surface area contributed by atoms with Crippen molar-refractivity contribution in [2.45, 2.75) is 30.9 Å². The first kappa shape index (κ1) is 24.6. The Labute approximate surface area is 197 Å². The highest BCUT2D eigenvalue weighted by Gasteiger charge is 2.38. The summed E-state index contributed by atoms with van der Waals surface area (Å²) in [4.78, 5) is 44.1. The highest BCUT2D eigenvalue weighted by molar-refractivity contribution is 6.26. The Kier molecular flexibility index (Phi) is 6.25. The first-order chi connectivity index (χ1) is 16.4. The number of piperidine rings is 1. The van der Waals surface area contributed by atoms with Gasteiger partial charge >= 0.3 is 12.2 Å². The summed E-state index contributed by atoms with van der Waals surface area (Å²) in [6, 6.07) is -1.64. The Morgan fingerprint density at radius 3 is 2.63 bits per heavy atom. The van der Waals surface area contributed by atoms with Gasteiger partial charge in [-0.3, -0.25) is 14.5 Å². The first-order valence-electron chi connectivity index (χ1n) is 10.7. The highest BCUT2D eigenvalue weighted by Crippen LogP contribution is 2.30. The molecule has 3 atom stereocenters. The van der Waals surface area contributed by atoms with Gasteiger partial charge in [0.1, 0.15) is 11.9 Å². The summed E-state index contributed by atoms with van der Waals surface area (Å²) in [6.45, 7) is 0.301. The summed E-state index contributed by atoms with van der Waals surface area (Å²) in [5.41, 5.74) is -2.14. The number of anilines is 1. The fourth-order valence-corrected chi connectivity index (χ4v) is 4.25. The van der Waals surface area contributed by atoms with Crippen LogP contribution in [0.25, 0.3) is 0 Å². The average Bonchev–Trinajstić information content (AvgIpc) is 3.08. The van der Waals surface area contributed by atoms with Gasteiger partial charge < -0.3 is 14.8 Å². The molecular formula is C21H23F4N7O3. The van der Waals surface area contributed by atoms with Gasteiger partial charge in [0.25, 0.3) is 11.5 Å². The molecule has 3 aliphatic rings. The van der Waals surface area contributed by atoms with Crippen molar-refractivity contribution in [1.29, 1.82) is 0 Å². The monoisotopic (exact) mass is 497 g/mol. The van der Waals surface area contributed by atoms with E-state index in [2.05, 4.69) is 15.4 Å². The summed E-state index contributed by atoms with van der Waals surface area (Å²) < 4.78 is 55.1. The number of carbonyl (C=O) groups excluding carboxylic acids is 2. The molecule has 1 fully saturated rings. The molecule has 1 saturated heterocycles. The number of nitrogens with one attached hydrogen (secondary N) is 1. The molecule has 1 unspecified atom stereocenters. The van der Waals surface area contributed by atoms with Crippen molar-refractivity contribution >= 4 is 29.7 Å². The van der Waals surface area contributed by atoms with Crippen LogP contribution in [0.3, 0.4) is 0 Å². The third-order valence-electron chi connectivity index (χ3n) is 6.23. The van der Waals surface area contributed by atoms with Gasteiger partial charge in [-0.25, -0.2) is 19.2 Å². The fourth-order valence-electron chi connectivity index (χ4n) is 4.25. The number of urea groups is 1. The number of nitrogens with zero attached hydrogens (tertiary/aromatic N) is 6. The number of halogens is 4. The van der Waals surface area contributed by atoms with E-state index in [0.717, 1.165) is 16.5 Å². The molecule has 3 amide bonds. The topological polar surface area (TPSA) is 103 Å². The fraction of sp³-hybridized carbons (Fsp3) is 0.476. The van der Waals surface area contributed by atoms with Crippen LogP contribution in [0.15, 0.2) is 38.8 Å². The van der Waals surface area contributed by atoms with Crippen molar-refractivity contribution in [3.8, 4) is 0 Å². The third-order valence-corrected chi connectivity index (χ3v) is 6.23. The Morgan fingerprint density at radius 2 is 1.97 bits per heavy atom. The van der Waals surface area contributed by atoms with Gasteiger partial charge in [0.15, 0.2) is 5.84 Å². The lowest BCUT2D eigenvalue weighted by molar-refractivity contribution is -0.138. The van der Waals surface area contributed by atoms with E-state index in [1.54, 1.807) is 17.2 Å². The number of rotatable bonds is 3. The molecule has 4 rings (SSSR count). The molecule has 0 aliphatic carbocycles. The third kappa shape index (κ3) is 4.70. The summed E-state index contributed by atoms with van der Waals surface area (Å²) >= 11 is 0. The van der Waals surface area contributed by atoms with Crippen LogP contribution >= 0.6 is 0 Å². The summed E-state index contributed by atoms with van der Waals surface area (Å²) in [6.07, 6.45) is -2.12. The van der Waals surface area contributed by atoms with Crippen molar-refractivity contribution < 1.29 is 27.2 Å². The van der Waals surface area contributed by atoms with Gasteiger partial charge in [0.2, 0.25) is 0 Å². The van der Waals surface area contributed by atoms with Crippen LogP contribution in [0.1, 0.15) is 12.0 Å². The van der Waals surface area contributed by atoms with Crippen LogP contribution in [0.4, 0.5) is 28.0 Å². The van der Waals surface area contributed by atoms with E-state index in [1.807, 2.05) is 0 Å². The maximum atomic E-state index is 15.1. The number of aromatic nitrogens is 1. The van der Waals surface area contributed by atoms with Crippen LogP contribution in [0.2, 0.25) is 0 Å². The quantitative estimate of drug-likeness (QED) is 0.639. The van der Waals surface area contributed by atoms with Crippen molar-refractivity contribution in [1.82, 2.24) is 19.4 Å². The number of likely N-dealkylation sites (tertiary alicyclic amines) is 1. The first-order valence-corrected chi connectivity index (χ1v) is 10.7. The second-order valence-electron chi connectivity index (χ2n) is 8.57. The van der Waals surface area contributed by atoms with Crippen LogP contribution < -0.4 is 10.9 Å². The maximum Gasteiger partial charge on any atom is 0.417 e. The second kappa shape index (κ2) is 8.91. The van der Waals surface area contributed by atoms with E-state index in [9.17, 15) is 27.6 Å². The van der Waals surface area contributed by atoms with Crippen molar-refractivity contribution in [3.63, 3.8) is 0 Å². The van der Waals surface area contributed by atoms with E-state index < -0.39 is 47.3 Å². The standard InChI is InChI=1S/C21H23F4N7O3/c1-29-9-11(21(23,24)25)6-15(19(29)34)27-20(35)30(2)16-4-5-32(10-14(16)22)12-7-13-17(26-8-12)28-31(3)18(13)33/h6-9,12,14,16H,4-5,10H2,1-3H3,(H,27,35)/t12?,14-,16+/m1/s1. The van der Waals surface area contributed by atoms with Gasteiger partial charge in [-0.15, -0.1) is 5.10 Å². The number of hydrogen-bond acceptors (Lipinski definition) is 6. The number of aryl methyl sites for hydroxylation is 1. The number of likely N-dealkylation sites (N-methyl/N-ethyl adjacent to an activating group) is 1. The molecule has 1 aromatic rings. The highest BCUT2D eigenvalue weighted by atomic mass is 19.4. The second-order valence-corrected chi connectivity index (χ2v) is 8.57. The van der Waals surface area contributed by atoms with Crippen LogP contribution in [-0.4, -0.2) is 88.8 Å². The predicted octanol–water partition coefficient (Wildman–Crippen LogP) is 1.45. The summed E-state index contributed by atoms with van der Waals surface area (Å²) in [5, 5.41) is 7.36. The molecule has 0 radical (unpaired) electrons. The lowest BCUT2D eigenvalue weighted by Crippen LogP contribution is -2.56. The van der Waals surface area contributed by atoms with Gasteiger partial charge in [-0.1, -0.05) is 0 Å². The zero-order valence-electron chi connectivity index (χ0n) is 19.1. The van der Waals surface area contributed by atoms with E-state index >= 15 is 4.39 Å². The molecule has 4 heterocycles. The SMILES string of the molecule is CN1N=C2N=CC(N3CC[C@H](N(C)C(=O)Nc4cc(C(F)(F)F)cn(C)c4=O)[C@H](F)C3)C=C2C1=O. The van der Waals surface area contributed by atoms with Crippen molar-refractivity contribution in [3.05, 3.63) is 39.8 Å². The molecule has 1 N–H and O–H groups in total. The van der Waals surface area contributed by atoms with Gasteiger partial charge in [0.05, 0.1) is 23.2 Å². The Balaban J connectivity index is 1.42. The van der Waals surface area contributed by atoms with E-state index in [1.165, 1.54) is 19.1 Å². The minimum absolute atomic E-state index is 0.0649. The molecule has 3 aliphatic heterocycles. The molecule has 188 valence electrons. The number of hydrogen-bond donors (Lipinski definition) is 1. The molecule has 0 bridgehead atoms. The molecule has 1 aromatic heterocycles. The number of carbonyl (C=O) groups is 2. The number of aliphatic imine (C=N–C) groups is 1. The van der Waals surface area contributed by atoms with Gasteiger partial charge in [-0.2, -0.15) is 13.2 Å². The number of dihydropyridines is 1. The Bertz CT molecular complexity index is 1210. The largest absolute Gasteiger partial charge is 0.417 e. The van der Waals surface area contributed by atoms with Crippen molar-refractivity contribution in [2.75, 3.05) is 32.5 Å². The normalized spacial score (nSPS) is 24.7. The summed E-state index contributed by atoms with van der Waals surface area (Å²) in [5.74, 6) is 0.00301. The van der Waals surface area contributed by atoms with E-state index in [0.29, 0.717) is 30.2 Å². The van der Waals surface area contributed by atoms with E-state index in [-0.39, 0.29) is 18.9 Å². The smallest absolute Gasteiger partial charge is 0.322 e. The molecule has 35 heavy (non-hydrogen) atoms. The number of amidine groups is 1. The Hall–Kier alpha value is -3.55. The molecule has 0 aromatic carbocycles. The lowest BCUT2D eigenvalue weighted by Gasteiger charge is -2.41. The maximum absolute atomic E-state index is 15.1. The van der Waals surface area contributed by atoms with E-state index in [4.69, 9.17) is 0 Å². The Morgan fingerprint density at radius 1 is 1.26 bits per heavy atom. The van der Waals surface area contributed by atoms with Gasteiger partial charge in [-0.05, 0) is 18.6 Å². The zero-order chi connectivity index (χ0) is 25.7. The molecule has 10 nitrogen and oxygen atoms in total. The minimum Gasteiger partial charge on any atom is -0.322 e. The van der Waals surface area contributed by atoms with Gasteiger partial charge in [0, 0.05) is 46.6 Å². The van der Waals surface area contributed by atoms with Crippen LogP contribution in [0.5, 0.6) is 0 Å².